The van der Waals surface area contributed by atoms with Gasteiger partial charge in [0.2, 0.25) is 0 Å². The van der Waals surface area contributed by atoms with Gasteiger partial charge in [-0.15, -0.1) is 12.4 Å². The van der Waals surface area contributed by atoms with Crippen molar-refractivity contribution in [1.82, 2.24) is 10.6 Å². The van der Waals surface area contributed by atoms with Crippen molar-refractivity contribution in [2.75, 3.05) is 0 Å². The predicted octanol–water partition coefficient (Wildman–Crippen LogP) is 3.35. The van der Waals surface area contributed by atoms with Crippen molar-refractivity contribution in [2.24, 2.45) is 0 Å². The number of ketones is 1. The summed E-state index contributed by atoms with van der Waals surface area (Å²) in [5, 5.41) is 6.73. The van der Waals surface area contributed by atoms with Crippen LogP contribution in [0.15, 0.2) is 54.6 Å². The lowest BCUT2D eigenvalue weighted by Gasteiger charge is -2.29. The summed E-state index contributed by atoms with van der Waals surface area (Å²) in [7, 11) is 0. The number of fused-ring (bicyclic) bond motifs is 2. The number of piperidine rings is 1. The number of halogens is 1. The van der Waals surface area contributed by atoms with Crippen molar-refractivity contribution in [1.29, 1.82) is 0 Å². The highest BCUT2D eigenvalue weighted by Crippen LogP contribution is 2.27. The quantitative estimate of drug-likeness (QED) is 0.811. The van der Waals surface area contributed by atoms with E-state index in [1.54, 1.807) is 30.3 Å². The normalized spacial score (nSPS) is 23.8. The Morgan fingerprint density at radius 3 is 2.08 bits per heavy atom. The standard InChI is InChI=1S/C21H22N2O2.ClH/c24-20(14-6-2-1-3-7-14)18-8-4-5-9-19(18)21(25)23-17-12-15-10-11-16(13-17)22-15;/h1-9,15-17,22H,10-13H2,(H,23,25);1H. The second-order valence-electron chi connectivity index (χ2n) is 7.02. The van der Waals surface area contributed by atoms with Gasteiger partial charge < -0.3 is 10.6 Å². The fourth-order valence-corrected chi connectivity index (χ4v) is 4.06. The third-order valence-electron chi connectivity index (χ3n) is 5.26. The van der Waals surface area contributed by atoms with Gasteiger partial charge in [0.25, 0.3) is 5.91 Å². The number of amides is 1. The number of hydrogen-bond acceptors (Lipinski definition) is 3. The molecule has 0 spiro atoms. The van der Waals surface area contributed by atoms with Gasteiger partial charge in [-0.2, -0.15) is 0 Å². The molecule has 1 amide bonds. The Kier molecular flexibility index (Phi) is 5.74. The minimum Gasteiger partial charge on any atom is -0.349 e. The third-order valence-corrected chi connectivity index (χ3v) is 5.26. The van der Waals surface area contributed by atoms with Gasteiger partial charge in [-0.3, -0.25) is 9.59 Å². The Morgan fingerprint density at radius 1 is 0.846 bits per heavy atom. The molecule has 0 aromatic heterocycles. The molecule has 2 saturated heterocycles. The van der Waals surface area contributed by atoms with Crippen molar-refractivity contribution in [3.8, 4) is 0 Å². The van der Waals surface area contributed by atoms with Crippen LogP contribution in [-0.4, -0.2) is 29.8 Å². The first-order chi connectivity index (χ1) is 12.2. The molecule has 4 nitrogen and oxygen atoms in total. The van der Waals surface area contributed by atoms with Crippen LogP contribution in [0.4, 0.5) is 0 Å². The molecule has 4 rings (SSSR count). The molecule has 5 heteroatoms. The van der Waals surface area contributed by atoms with Crippen LogP contribution in [0.5, 0.6) is 0 Å². The van der Waals surface area contributed by atoms with Gasteiger partial charge in [-0.05, 0) is 31.7 Å². The number of carbonyl (C=O) groups is 2. The molecule has 2 heterocycles. The lowest BCUT2D eigenvalue weighted by Crippen LogP contribution is -2.48. The summed E-state index contributed by atoms with van der Waals surface area (Å²) in [6.45, 7) is 0. The average molecular weight is 371 g/mol. The second kappa shape index (κ2) is 8.02. The third kappa shape index (κ3) is 3.81. The minimum absolute atomic E-state index is 0. The lowest BCUT2D eigenvalue weighted by atomic mass is 9.96. The van der Waals surface area contributed by atoms with Crippen molar-refractivity contribution in [3.63, 3.8) is 0 Å². The molecule has 136 valence electrons. The Hall–Kier alpha value is -2.17. The summed E-state index contributed by atoms with van der Waals surface area (Å²) in [5.74, 6) is -0.261. The molecule has 2 unspecified atom stereocenters. The van der Waals surface area contributed by atoms with E-state index in [-0.39, 0.29) is 30.1 Å². The van der Waals surface area contributed by atoms with E-state index >= 15 is 0 Å². The number of carbonyl (C=O) groups excluding carboxylic acids is 2. The van der Waals surface area contributed by atoms with Gasteiger partial charge in [-0.25, -0.2) is 0 Å². The Balaban J connectivity index is 0.00000196. The summed E-state index contributed by atoms with van der Waals surface area (Å²) in [6, 6.07) is 17.4. The molecule has 2 N–H and O–H groups in total. The maximum atomic E-state index is 12.8. The maximum Gasteiger partial charge on any atom is 0.252 e. The Bertz CT molecular complexity index is 782. The molecule has 2 aliphatic rings. The van der Waals surface area contributed by atoms with Crippen molar-refractivity contribution >= 4 is 24.1 Å². The van der Waals surface area contributed by atoms with Crippen LogP contribution < -0.4 is 10.6 Å². The van der Waals surface area contributed by atoms with Gasteiger partial charge >= 0.3 is 0 Å². The van der Waals surface area contributed by atoms with E-state index < -0.39 is 0 Å². The zero-order valence-electron chi connectivity index (χ0n) is 14.5. The molecule has 2 atom stereocenters. The average Bonchev–Trinajstić information content (AvgIpc) is 3.00. The van der Waals surface area contributed by atoms with E-state index in [1.165, 1.54) is 12.8 Å². The maximum absolute atomic E-state index is 12.8. The fourth-order valence-electron chi connectivity index (χ4n) is 4.06. The molecule has 0 radical (unpaired) electrons. The molecule has 26 heavy (non-hydrogen) atoms. The molecular formula is C21H23ClN2O2. The van der Waals surface area contributed by atoms with Crippen molar-refractivity contribution in [3.05, 3.63) is 71.3 Å². The molecule has 2 aromatic carbocycles. The van der Waals surface area contributed by atoms with Crippen LogP contribution in [0.25, 0.3) is 0 Å². The predicted molar refractivity (Wildman–Crippen MR) is 104 cm³/mol. The summed E-state index contributed by atoms with van der Waals surface area (Å²) in [4.78, 5) is 25.6. The van der Waals surface area contributed by atoms with E-state index in [0.29, 0.717) is 28.8 Å². The smallest absolute Gasteiger partial charge is 0.252 e. The zero-order chi connectivity index (χ0) is 17.2. The second-order valence-corrected chi connectivity index (χ2v) is 7.02. The molecule has 2 aromatic rings. The summed E-state index contributed by atoms with van der Waals surface area (Å²) in [5.41, 5.74) is 1.52. The highest BCUT2D eigenvalue weighted by atomic mass is 35.5. The first-order valence-electron chi connectivity index (χ1n) is 8.96. The SMILES string of the molecule is Cl.O=C(NC1CC2CCC(C1)N2)c1ccccc1C(=O)c1ccccc1. The van der Waals surface area contributed by atoms with Gasteiger partial charge in [0.05, 0.1) is 5.56 Å². The van der Waals surface area contributed by atoms with E-state index in [1.807, 2.05) is 24.3 Å². The van der Waals surface area contributed by atoms with Crippen LogP contribution in [0.2, 0.25) is 0 Å². The van der Waals surface area contributed by atoms with E-state index in [2.05, 4.69) is 10.6 Å². The highest BCUT2D eigenvalue weighted by molar-refractivity contribution is 6.15. The summed E-state index contributed by atoms with van der Waals surface area (Å²) < 4.78 is 0. The summed E-state index contributed by atoms with van der Waals surface area (Å²) in [6.07, 6.45) is 4.33. The van der Waals surface area contributed by atoms with E-state index in [4.69, 9.17) is 0 Å². The Labute approximate surface area is 159 Å². The molecular weight excluding hydrogens is 348 g/mol. The van der Waals surface area contributed by atoms with E-state index in [9.17, 15) is 9.59 Å². The van der Waals surface area contributed by atoms with Crippen LogP contribution >= 0.6 is 12.4 Å². The van der Waals surface area contributed by atoms with Gasteiger partial charge in [-0.1, -0.05) is 48.5 Å². The topological polar surface area (TPSA) is 58.2 Å². The molecule has 2 fully saturated rings. The van der Waals surface area contributed by atoms with Crippen LogP contribution in [0, 0.1) is 0 Å². The highest BCUT2D eigenvalue weighted by Gasteiger charge is 2.34. The monoisotopic (exact) mass is 370 g/mol. The molecule has 2 bridgehead atoms. The molecule has 2 aliphatic heterocycles. The van der Waals surface area contributed by atoms with Crippen molar-refractivity contribution in [2.45, 2.75) is 43.8 Å². The van der Waals surface area contributed by atoms with Gasteiger partial charge in [0.1, 0.15) is 0 Å². The van der Waals surface area contributed by atoms with Crippen LogP contribution in [-0.2, 0) is 0 Å². The number of hydrogen-bond donors (Lipinski definition) is 2. The van der Waals surface area contributed by atoms with E-state index in [0.717, 1.165) is 12.8 Å². The number of benzene rings is 2. The molecule has 0 saturated carbocycles. The van der Waals surface area contributed by atoms with Crippen LogP contribution in [0.3, 0.4) is 0 Å². The van der Waals surface area contributed by atoms with Gasteiger partial charge in [0.15, 0.2) is 5.78 Å². The number of rotatable bonds is 4. The van der Waals surface area contributed by atoms with Crippen molar-refractivity contribution < 1.29 is 9.59 Å². The fraction of sp³-hybridized carbons (Fsp3) is 0.333. The van der Waals surface area contributed by atoms with Crippen LogP contribution in [0.1, 0.15) is 52.0 Å². The van der Waals surface area contributed by atoms with Gasteiger partial charge in [0, 0.05) is 29.3 Å². The largest absolute Gasteiger partial charge is 0.349 e. The zero-order valence-corrected chi connectivity index (χ0v) is 15.3. The summed E-state index contributed by atoms with van der Waals surface area (Å²) >= 11 is 0. The first kappa shape index (κ1) is 18.6. The number of nitrogens with one attached hydrogen (secondary N) is 2. The Morgan fingerprint density at radius 2 is 1.42 bits per heavy atom. The minimum atomic E-state index is -0.147. The molecule has 0 aliphatic carbocycles. The lowest BCUT2D eigenvalue weighted by molar-refractivity contribution is 0.0914. The first-order valence-corrected chi connectivity index (χ1v) is 8.96.